The van der Waals surface area contributed by atoms with Crippen molar-refractivity contribution in [1.82, 2.24) is 16.0 Å². The Morgan fingerprint density at radius 1 is 0.455 bits per heavy atom. The lowest BCUT2D eigenvalue weighted by molar-refractivity contribution is -0.0813. The lowest BCUT2D eigenvalue weighted by Crippen LogP contribution is -2.38. The maximum atomic E-state index is 5.11. The Balaban J connectivity index is 0.0000000976. The highest BCUT2D eigenvalue weighted by Crippen LogP contribution is 2.49. The molecular weight excluding hydrogens is 538 g/mol. The number of allylic oxidation sites excluding steroid dienone is 8. The number of nitrogens with one attached hydrogen (secondary N) is 3. The van der Waals surface area contributed by atoms with E-state index < -0.39 is 0 Å². The van der Waals surface area contributed by atoms with Crippen molar-refractivity contribution in [2.45, 2.75) is 116 Å². The van der Waals surface area contributed by atoms with Crippen molar-refractivity contribution < 1.29 is 4.74 Å². The van der Waals surface area contributed by atoms with Gasteiger partial charge in [0.05, 0.1) is 13.2 Å². The Morgan fingerprint density at radius 3 is 1.36 bits per heavy atom. The van der Waals surface area contributed by atoms with E-state index in [4.69, 9.17) is 4.74 Å². The van der Waals surface area contributed by atoms with Crippen LogP contribution in [0.3, 0.4) is 0 Å². The number of hydrogen-bond acceptors (Lipinski definition) is 4. The smallest absolute Gasteiger partial charge is 0.0579 e. The predicted octanol–water partition coefficient (Wildman–Crippen LogP) is 8.55. The average molecular weight is 602 g/mol. The highest BCUT2D eigenvalue weighted by Gasteiger charge is 2.38. The zero-order valence-corrected chi connectivity index (χ0v) is 27.9. The third-order valence-electron chi connectivity index (χ3n) is 12.9. The Labute approximate surface area is 269 Å². The Kier molecular flexibility index (Phi) is 10.9. The molecule has 0 aromatic rings. The first-order valence-corrected chi connectivity index (χ1v) is 18.6. The molecule has 4 nitrogen and oxygen atoms in total. The standard InChI is InChI=1S/C9H15N.2C8H13N.C8H12.C7H10O/c1-2-4-9(3-1)5-7-10-8-6-9;1-2-8(3-1)4-6-9-7-5-8;1-2-4-8(3-1)5-6-9-7-8;1-2-5-8(4-1)6-3-7-8;1-2-4-7(3-1)5-8-6-7/h1-2,10H,3-8H2;4,6,9H,1-3,5,7H2;1-2,9H,3-7H2;1,4H,2-3,5-7H2;1,3H,2,4-6H2. The van der Waals surface area contributed by atoms with E-state index in [0.717, 1.165) is 18.6 Å². The summed E-state index contributed by atoms with van der Waals surface area (Å²) >= 11 is 0. The molecule has 10 rings (SSSR count). The summed E-state index contributed by atoms with van der Waals surface area (Å²) in [5.41, 5.74) is 3.27. The molecule has 0 atom stereocenters. The highest BCUT2D eigenvalue weighted by molar-refractivity contribution is 5.11. The van der Waals surface area contributed by atoms with Crippen LogP contribution in [0.2, 0.25) is 0 Å². The van der Waals surface area contributed by atoms with E-state index in [0.29, 0.717) is 21.7 Å². The molecule has 2 saturated carbocycles. The molecular formula is C40H63N3O. The summed E-state index contributed by atoms with van der Waals surface area (Å²) in [6, 6.07) is 0. The van der Waals surface area contributed by atoms with Crippen LogP contribution in [0, 0.1) is 27.1 Å². The summed E-state index contributed by atoms with van der Waals surface area (Å²) < 4.78 is 5.11. The molecule has 4 heteroatoms. The minimum absolute atomic E-state index is 0.514. The van der Waals surface area contributed by atoms with Crippen molar-refractivity contribution in [3.05, 3.63) is 60.9 Å². The van der Waals surface area contributed by atoms with Crippen molar-refractivity contribution >= 4 is 0 Å². The fraction of sp³-hybridized carbons (Fsp3) is 0.750. The van der Waals surface area contributed by atoms with Crippen molar-refractivity contribution in [2.75, 3.05) is 45.9 Å². The van der Waals surface area contributed by atoms with Gasteiger partial charge in [-0.2, -0.15) is 0 Å². The highest BCUT2D eigenvalue weighted by atomic mass is 16.5. The van der Waals surface area contributed by atoms with Gasteiger partial charge in [0, 0.05) is 18.5 Å². The van der Waals surface area contributed by atoms with Crippen molar-refractivity contribution in [1.29, 1.82) is 0 Å². The molecule has 0 unspecified atom stereocenters. The second-order valence-corrected chi connectivity index (χ2v) is 16.1. The lowest BCUT2D eigenvalue weighted by atomic mass is 9.66. The van der Waals surface area contributed by atoms with E-state index in [9.17, 15) is 0 Å². The minimum atomic E-state index is 0.514. The van der Waals surface area contributed by atoms with Crippen molar-refractivity contribution in [3.8, 4) is 0 Å². The molecule has 4 heterocycles. The lowest BCUT2D eigenvalue weighted by Gasteiger charge is -2.41. The molecule has 0 radical (unpaired) electrons. The SMILES string of the molecule is C1=CC2(CC1)CCC2.C1=CC2(CC1)COC2.C1=CC2(CCC2)CCN1.C1=CCC2(C1)CCNC2.C1=CCC2(C1)CCNCC2. The van der Waals surface area contributed by atoms with Crippen LogP contribution in [0.5, 0.6) is 0 Å². The molecule has 10 aliphatic rings. The molecule has 5 fully saturated rings. The molecule has 0 aromatic carbocycles. The molecule has 244 valence electrons. The Morgan fingerprint density at radius 2 is 1.00 bits per heavy atom. The largest absolute Gasteiger partial charge is 0.391 e. The molecule has 4 aliphatic heterocycles. The molecule has 3 N–H and O–H groups in total. The maximum absolute atomic E-state index is 5.11. The van der Waals surface area contributed by atoms with E-state index in [2.05, 4.69) is 76.8 Å². The van der Waals surface area contributed by atoms with Crippen LogP contribution in [0.15, 0.2) is 60.9 Å². The van der Waals surface area contributed by atoms with Crippen molar-refractivity contribution in [2.24, 2.45) is 27.1 Å². The van der Waals surface area contributed by atoms with Gasteiger partial charge in [-0.3, -0.25) is 0 Å². The van der Waals surface area contributed by atoms with Gasteiger partial charge in [0.1, 0.15) is 0 Å². The molecule has 5 spiro atoms. The van der Waals surface area contributed by atoms with E-state index >= 15 is 0 Å². The number of hydrogen-bond donors (Lipinski definition) is 3. The van der Waals surface area contributed by atoms with Gasteiger partial charge in [-0.15, -0.1) is 0 Å². The van der Waals surface area contributed by atoms with Crippen molar-refractivity contribution in [3.63, 3.8) is 0 Å². The number of ether oxygens (including phenoxy) is 1. The van der Waals surface area contributed by atoms with Crippen LogP contribution in [0.4, 0.5) is 0 Å². The summed E-state index contributed by atoms with van der Waals surface area (Å²) in [4.78, 5) is 0. The summed E-state index contributed by atoms with van der Waals surface area (Å²) in [5.74, 6) is 0. The average Bonchev–Trinajstić information content (AvgIpc) is 3.86. The maximum Gasteiger partial charge on any atom is 0.0579 e. The fourth-order valence-corrected chi connectivity index (χ4v) is 9.01. The monoisotopic (exact) mass is 601 g/mol. The molecule has 6 aliphatic carbocycles. The van der Waals surface area contributed by atoms with Gasteiger partial charge in [-0.1, -0.05) is 67.5 Å². The third-order valence-corrected chi connectivity index (χ3v) is 12.9. The Bertz CT molecular complexity index is 990. The van der Waals surface area contributed by atoms with Gasteiger partial charge < -0.3 is 20.7 Å². The second-order valence-electron chi connectivity index (χ2n) is 16.1. The molecule has 3 saturated heterocycles. The molecule has 0 aromatic heterocycles. The second kappa shape index (κ2) is 14.9. The number of piperidine rings is 1. The van der Waals surface area contributed by atoms with Gasteiger partial charge in [0.25, 0.3) is 0 Å². The van der Waals surface area contributed by atoms with Gasteiger partial charge >= 0.3 is 0 Å². The van der Waals surface area contributed by atoms with E-state index in [1.165, 1.54) is 148 Å². The van der Waals surface area contributed by atoms with Gasteiger partial charge in [0.2, 0.25) is 0 Å². The van der Waals surface area contributed by atoms with E-state index in [-0.39, 0.29) is 0 Å². The van der Waals surface area contributed by atoms with E-state index in [1.54, 1.807) is 0 Å². The fourth-order valence-electron chi connectivity index (χ4n) is 9.01. The van der Waals surface area contributed by atoms with Gasteiger partial charge in [0.15, 0.2) is 0 Å². The first kappa shape index (κ1) is 32.3. The molecule has 0 bridgehead atoms. The quantitative estimate of drug-likeness (QED) is 0.244. The first-order valence-electron chi connectivity index (χ1n) is 18.6. The zero-order valence-electron chi connectivity index (χ0n) is 27.9. The molecule has 0 amide bonds. The first-order chi connectivity index (χ1) is 21.6. The topological polar surface area (TPSA) is 45.3 Å². The molecule has 44 heavy (non-hydrogen) atoms. The Hall–Kier alpha value is -1.62. The van der Waals surface area contributed by atoms with Crippen LogP contribution in [0.1, 0.15) is 116 Å². The van der Waals surface area contributed by atoms with Gasteiger partial charge in [-0.05, 0) is 150 Å². The summed E-state index contributed by atoms with van der Waals surface area (Å²) in [5, 5.41) is 10.1. The predicted molar refractivity (Wildman–Crippen MR) is 186 cm³/mol. The van der Waals surface area contributed by atoms with Crippen LogP contribution in [-0.2, 0) is 4.74 Å². The minimum Gasteiger partial charge on any atom is -0.391 e. The van der Waals surface area contributed by atoms with Crippen LogP contribution in [0.25, 0.3) is 0 Å². The van der Waals surface area contributed by atoms with Crippen LogP contribution < -0.4 is 16.0 Å². The van der Waals surface area contributed by atoms with E-state index in [1.807, 2.05) is 0 Å². The zero-order chi connectivity index (χ0) is 30.1. The normalized spacial score (nSPS) is 30.2. The summed E-state index contributed by atoms with van der Waals surface area (Å²) in [6.45, 7) is 8.11. The number of rotatable bonds is 0. The summed E-state index contributed by atoms with van der Waals surface area (Å²) in [7, 11) is 0. The van der Waals surface area contributed by atoms with Crippen LogP contribution in [-0.4, -0.2) is 45.9 Å². The van der Waals surface area contributed by atoms with Gasteiger partial charge in [-0.25, -0.2) is 0 Å². The van der Waals surface area contributed by atoms with Crippen LogP contribution >= 0.6 is 0 Å². The third kappa shape index (κ3) is 8.20. The summed E-state index contributed by atoms with van der Waals surface area (Å²) in [6.07, 6.45) is 48.2.